The zero-order valence-corrected chi connectivity index (χ0v) is 10.0. The van der Waals surface area contributed by atoms with Crippen molar-refractivity contribution in [2.24, 2.45) is 0 Å². The van der Waals surface area contributed by atoms with Crippen LogP contribution in [0.5, 0.6) is 0 Å². The average Bonchev–Trinajstić information content (AvgIpc) is 2.79. The summed E-state index contributed by atoms with van der Waals surface area (Å²) in [4.78, 5) is 0. The molecule has 0 atom stereocenters. The second kappa shape index (κ2) is 4.30. The van der Waals surface area contributed by atoms with E-state index < -0.39 is 0 Å². The number of nitrogens with zero attached hydrogens (tertiary/aromatic N) is 2. The van der Waals surface area contributed by atoms with E-state index in [4.69, 9.17) is 0 Å². The summed E-state index contributed by atoms with van der Waals surface area (Å²) in [5.41, 5.74) is 2.89. The van der Waals surface area contributed by atoms with Crippen molar-refractivity contribution in [3.8, 4) is 0 Å². The van der Waals surface area contributed by atoms with Crippen molar-refractivity contribution in [2.75, 3.05) is 0 Å². The second-order valence-electron chi connectivity index (χ2n) is 3.69. The van der Waals surface area contributed by atoms with Crippen LogP contribution in [-0.4, -0.2) is 9.78 Å². The van der Waals surface area contributed by atoms with Crippen LogP contribution in [0.1, 0.15) is 31.9 Å². The maximum Gasteiger partial charge on any atom is 0.0635 e. The van der Waals surface area contributed by atoms with Gasteiger partial charge in [0.05, 0.1) is 16.4 Å². The van der Waals surface area contributed by atoms with E-state index in [1.54, 1.807) is 5.57 Å². The summed E-state index contributed by atoms with van der Waals surface area (Å²) >= 11 is 3.55. The first kappa shape index (κ1) is 9.97. The third-order valence-electron chi connectivity index (χ3n) is 2.73. The van der Waals surface area contributed by atoms with Gasteiger partial charge in [-0.1, -0.05) is 11.6 Å². The average molecular weight is 255 g/mol. The van der Waals surface area contributed by atoms with Gasteiger partial charge < -0.3 is 0 Å². The van der Waals surface area contributed by atoms with Crippen molar-refractivity contribution in [3.05, 3.63) is 28.0 Å². The van der Waals surface area contributed by atoms with Gasteiger partial charge in [0.2, 0.25) is 0 Å². The van der Waals surface area contributed by atoms with Crippen LogP contribution in [0, 0.1) is 0 Å². The van der Waals surface area contributed by atoms with Gasteiger partial charge in [-0.2, -0.15) is 5.10 Å². The van der Waals surface area contributed by atoms with Crippen molar-refractivity contribution in [2.45, 2.75) is 39.2 Å². The molecule has 0 amide bonds. The van der Waals surface area contributed by atoms with Gasteiger partial charge in [0.15, 0.2) is 0 Å². The number of halogens is 1. The maximum absolute atomic E-state index is 4.32. The van der Waals surface area contributed by atoms with Gasteiger partial charge in [-0.05, 0) is 42.1 Å². The molecule has 14 heavy (non-hydrogen) atoms. The molecule has 0 fully saturated rings. The third kappa shape index (κ3) is 1.92. The molecule has 1 aliphatic rings. The number of aryl methyl sites for hydroxylation is 1. The molecule has 0 radical (unpaired) electrons. The van der Waals surface area contributed by atoms with Crippen molar-refractivity contribution in [1.29, 1.82) is 0 Å². The van der Waals surface area contributed by atoms with E-state index in [1.807, 2.05) is 6.20 Å². The third-order valence-corrected chi connectivity index (χ3v) is 3.39. The summed E-state index contributed by atoms with van der Waals surface area (Å²) in [6, 6.07) is 0. The van der Waals surface area contributed by atoms with E-state index in [2.05, 4.69) is 38.7 Å². The summed E-state index contributed by atoms with van der Waals surface area (Å²) in [7, 11) is 0. The van der Waals surface area contributed by atoms with Gasteiger partial charge in [-0.25, -0.2) is 0 Å². The molecular formula is C11H15BrN2. The Morgan fingerprint density at radius 3 is 3.07 bits per heavy atom. The lowest BCUT2D eigenvalue weighted by Crippen LogP contribution is -2.03. The number of rotatable bonds is 3. The van der Waals surface area contributed by atoms with Gasteiger partial charge in [0.25, 0.3) is 0 Å². The highest BCUT2D eigenvalue weighted by molar-refractivity contribution is 9.10. The minimum absolute atomic E-state index is 0.953. The van der Waals surface area contributed by atoms with Crippen LogP contribution in [0.2, 0.25) is 0 Å². The van der Waals surface area contributed by atoms with E-state index in [0.717, 1.165) is 17.4 Å². The van der Waals surface area contributed by atoms with Crippen LogP contribution in [-0.2, 0) is 13.0 Å². The molecule has 2 rings (SSSR count). The Morgan fingerprint density at radius 2 is 2.43 bits per heavy atom. The molecule has 3 heteroatoms. The van der Waals surface area contributed by atoms with E-state index in [1.165, 1.54) is 25.0 Å². The molecule has 1 aromatic heterocycles. The summed E-state index contributed by atoms with van der Waals surface area (Å²) in [6.45, 7) is 3.08. The summed E-state index contributed by atoms with van der Waals surface area (Å²) < 4.78 is 3.22. The molecule has 76 valence electrons. The number of hydrogen-bond acceptors (Lipinski definition) is 1. The fourth-order valence-electron chi connectivity index (χ4n) is 1.95. The standard InChI is InChI=1S/C11H15BrN2/c1-2-14-11(10(12)8-13-14)7-9-5-3-4-6-9/h5,8H,2-4,6-7H2,1H3. The SMILES string of the molecule is CCn1ncc(Br)c1CC1=CCCC1. The van der Waals surface area contributed by atoms with Gasteiger partial charge in [0.1, 0.15) is 0 Å². The van der Waals surface area contributed by atoms with Crippen LogP contribution < -0.4 is 0 Å². The highest BCUT2D eigenvalue weighted by atomic mass is 79.9. The van der Waals surface area contributed by atoms with E-state index in [-0.39, 0.29) is 0 Å². The van der Waals surface area contributed by atoms with E-state index in [0.29, 0.717) is 0 Å². The number of aromatic nitrogens is 2. The highest BCUT2D eigenvalue weighted by Gasteiger charge is 2.11. The quantitative estimate of drug-likeness (QED) is 0.757. The molecule has 0 unspecified atom stereocenters. The first-order valence-electron chi connectivity index (χ1n) is 5.19. The molecule has 1 aliphatic carbocycles. The topological polar surface area (TPSA) is 17.8 Å². The Hall–Kier alpha value is -0.570. The molecule has 1 aromatic rings. The predicted molar refractivity (Wildman–Crippen MR) is 61.2 cm³/mol. The van der Waals surface area contributed by atoms with Crippen LogP contribution in [0.4, 0.5) is 0 Å². The minimum atomic E-state index is 0.953. The Balaban J connectivity index is 2.18. The summed E-state index contributed by atoms with van der Waals surface area (Å²) in [5, 5.41) is 4.32. The number of allylic oxidation sites excluding steroid dienone is 2. The van der Waals surface area contributed by atoms with Crippen LogP contribution in [0.3, 0.4) is 0 Å². The molecular weight excluding hydrogens is 240 g/mol. The van der Waals surface area contributed by atoms with Crippen LogP contribution >= 0.6 is 15.9 Å². The van der Waals surface area contributed by atoms with Gasteiger partial charge in [0, 0.05) is 13.0 Å². The Kier molecular flexibility index (Phi) is 3.06. The first-order chi connectivity index (χ1) is 6.81. The van der Waals surface area contributed by atoms with Gasteiger partial charge in [-0.3, -0.25) is 4.68 Å². The fourth-order valence-corrected chi connectivity index (χ4v) is 2.39. The van der Waals surface area contributed by atoms with Crippen molar-refractivity contribution in [1.82, 2.24) is 9.78 Å². The molecule has 0 saturated heterocycles. The molecule has 0 N–H and O–H groups in total. The van der Waals surface area contributed by atoms with Gasteiger partial charge >= 0.3 is 0 Å². The lowest BCUT2D eigenvalue weighted by Gasteiger charge is -2.06. The minimum Gasteiger partial charge on any atom is -0.268 e. The highest BCUT2D eigenvalue weighted by Crippen LogP contribution is 2.25. The fraction of sp³-hybridized carbons (Fsp3) is 0.545. The molecule has 2 nitrogen and oxygen atoms in total. The van der Waals surface area contributed by atoms with Crippen molar-refractivity contribution in [3.63, 3.8) is 0 Å². The Labute approximate surface area is 93.1 Å². The zero-order chi connectivity index (χ0) is 9.97. The molecule has 0 saturated carbocycles. The smallest absolute Gasteiger partial charge is 0.0635 e. The summed E-state index contributed by atoms with van der Waals surface area (Å²) in [5.74, 6) is 0. The molecule has 0 spiro atoms. The normalized spacial score (nSPS) is 16.0. The molecule has 1 heterocycles. The largest absolute Gasteiger partial charge is 0.268 e. The van der Waals surface area contributed by atoms with Crippen molar-refractivity contribution < 1.29 is 0 Å². The van der Waals surface area contributed by atoms with E-state index >= 15 is 0 Å². The van der Waals surface area contributed by atoms with Crippen molar-refractivity contribution >= 4 is 15.9 Å². The lowest BCUT2D eigenvalue weighted by atomic mass is 10.1. The lowest BCUT2D eigenvalue weighted by molar-refractivity contribution is 0.626. The molecule has 0 aromatic carbocycles. The molecule has 0 aliphatic heterocycles. The monoisotopic (exact) mass is 254 g/mol. The zero-order valence-electron chi connectivity index (χ0n) is 8.46. The Bertz CT molecular complexity index is 352. The number of hydrogen-bond donors (Lipinski definition) is 0. The second-order valence-corrected chi connectivity index (χ2v) is 4.54. The molecule has 0 bridgehead atoms. The predicted octanol–water partition coefficient (Wildman–Crippen LogP) is 3.32. The maximum atomic E-state index is 4.32. The Morgan fingerprint density at radius 1 is 1.57 bits per heavy atom. The van der Waals surface area contributed by atoms with Gasteiger partial charge in [-0.15, -0.1) is 0 Å². The summed E-state index contributed by atoms with van der Waals surface area (Å²) in [6.07, 6.45) is 9.18. The van der Waals surface area contributed by atoms with Crippen LogP contribution in [0.15, 0.2) is 22.3 Å². The van der Waals surface area contributed by atoms with E-state index in [9.17, 15) is 0 Å². The van der Waals surface area contributed by atoms with Crippen LogP contribution in [0.25, 0.3) is 0 Å². The first-order valence-corrected chi connectivity index (χ1v) is 5.98.